The van der Waals surface area contributed by atoms with Crippen molar-refractivity contribution in [3.63, 3.8) is 0 Å². The topological polar surface area (TPSA) is 104 Å². The molecule has 22 heavy (non-hydrogen) atoms. The van der Waals surface area contributed by atoms with Gasteiger partial charge in [-0.15, -0.1) is 0 Å². The third kappa shape index (κ3) is 3.23. The molecule has 0 radical (unpaired) electrons. The van der Waals surface area contributed by atoms with E-state index in [0.29, 0.717) is 12.8 Å². The van der Waals surface area contributed by atoms with Crippen molar-refractivity contribution in [2.24, 2.45) is 5.41 Å². The number of rotatable bonds is 2. The number of aliphatic hydroxyl groups is 2. The molecule has 2 aliphatic rings. The molecule has 2 rings (SSSR count). The molecule has 0 aliphatic carbocycles. The third-order valence-electron chi connectivity index (χ3n) is 4.45. The van der Waals surface area contributed by atoms with Crippen LogP contribution in [0.1, 0.15) is 33.6 Å². The number of hydrogen-bond acceptors (Lipinski definition) is 6. The molecule has 0 aromatic carbocycles. The number of carbonyl (C=O) groups is 1. The lowest BCUT2D eigenvalue weighted by Crippen LogP contribution is -2.74. The molecule has 0 spiro atoms. The lowest BCUT2D eigenvalue weighted by molar-refractivity contribution is -0.182. The molecule has 0 bridgehead atoms. The Labute approximate surface area is 131 Å². The third-order valence-corrected chi connectivity index (χ3v) is 6.36. The first-order valence-electron chi connectivity index (χ1n) is 7.44. The predicted molar refractivity (Wildman–Crippen MR) is 80.2 cm³/mol. The number of hydrogen-bond donors (Lipinski definition) is 2. The van der Waals surface area contributed by atoms with E-state index in [1.165, 1.54) is 4.90 Å². The van der Waals surface area contributed by atoms with Gasteiger partial charge in [-0.2, -0.15) is 0 Å². The largest absolute Gasteiger partial charge is 0.444 e. The quantitative estimate of drug-likeness (QED) is 0.745. The number of ether oxygens (including phenoxy) is 1. The highest BCUT2D eigenvalue weighted by Gasteiger charge is 2.60. The monoisotopic (exact) mass is 335 g/mol. The zero-order valence-corrected chi connectivity index (χ0v) is 14.1. The van der Waals surface area contributed by atoms with Crippen LogP contribution in [0.4, 0.5) is 4.79 Å². The summed E-state index contributed by atoms with van der Waals surface area (Å²) < 4.78 is 29.0. The molecule has 1 amide bonds. The summed E-state index contributed by atoms with van der Waals surface area (Å²) in [6.07, 6.45) is 0.308. The Kier molecular flexibility index (Phi) is 4.25. The molecule has 128 valence electrons. The molecule has 2 heterocycles. The molecule has 7 nitrogen and oxygen atoms in total. The number of nitrogens with zero attached hydrogens (tertiary/aromatic N) is 1. The average Bonchev–Trinajstić information content (AvgIpc) is 2.31. The molecule has 2 N–H and O–H groups in total. The van der Waals surface area contributed by atoms with E-state index in [1.54, 1.807) is 20.8 Å². The summed E-state index contributed by atoms with van der Waals surface area (Å²) in [4.78, 5) is 13.3. The second-order valence-corrected chi connectivity index (χ2v) is 9.69. The Morgan fingerprint density at radius 2 is 1.91 bits per heavy atom. The summed E-state index contributed by atoms with van der Waals surface area (Å²) in [6, 6.07) is 0. The van der Waals surface area contributed by atoms with Gasteiger partial charge in [0, 0.05) is 5.41 Å². The highest BCUT2D eigenvalue weighted by atomic mass is 32.2. The number of sulfone groups is 1. The van der Waals surface area contributed by atoms with E-state index >= 15 is 0 Å². The normalized spacial score (nSPS) is 30.5. The molecular weight excluding hydrogens is 310 g/mol. The first-order valence-corrected chi connectivity index (χ1v) is 9.26. The van der Waals surface area contributed by atoms with Gasteiger partial charge in [0.25, 0.3) is 0 Å². The number of aliphatic hydroxyl groups excluding tert-OH is 1. The van der Waals surface area contributed by atoms with Gasteiger partial charge in [-0.3, -0.25) is 0 Å². The Hall–Kier alpha value is -0.860. The summed E-state index contributed by atoms with van der Waals surface area (Å²) in [6.45, 7) is 4.81. The van der Waals surface area contributed by atoms with Gasteiger partial charge in [0.15, 0.2) is 9.84 Å². The fourth-order valence-electron chi connectivity index (χ4n) is 3.21. The Morgan fingerprint density at radius 3 is 2.36 bits per heavy atom. The van der Waals surface area contributed by atoms with E-state index in [2.05, 4.69) is 0 Å². The van der Waals surface area contributed by atoms with Crippen LogP contribution in [0.25, 0.3) is 0 Å². The summed E-state index contributed by atoms with van der Waals surface area (Å²) in [5.74, 6) is -0.157. The van der Waals surface area contributed by atoms with Crippen molar-refractivity contribution in [3.05, 3.63) is 0 Å². The second-order valence-electron chi connectivity index (χ2n) is 7.50. The van der Waals surface area contributed by atoms with Crippen molar-refractivity contribution in [3.8, 4) is 0 Å². The first-order chi connectivity index (χ1) is 9.92. The Morgan fingerprint density at radius 1 is 1.32 bits per heavy atom. The lowest BCUT2D eigenvalue weighted by Gasteiger charge is -2.57. The second kappa shape index (κ2) is 5.35. The van der Waals surface area contributed by atoms with Crippen molar-refractivity contribution in [1.82, 2.24) is 4.90 Å². The maximum atomic E-state index is 11.9. The summed E-state index contributed by atoms with van der Waals surface area (Å²) in [5.41, 5.74) is -3.11. The predicted octanol–water partition coefficient (Wildman–Crippen LogP) is 0.156. The van der Waals surface area contributed by atoms with Crippen LogP contribution in [0.5, 0.6) is 0 Å². The lowest BCUT2D eigenvalue weighted by atomic mass is 9.66. The van der Waals surface area contributed by atoms with E-state index in [1.807, 2.05) is 0 Å². The molecule has 8 heteroatoms. The Bertz CT molecular complexity index is 546. The fourth-order valence-corrected chi connectivity index (χ4v) is 5.29. The molecule has 1 unspecified atom stereocenters. The first kappa shape index (κ1) is 17.5. The molecular formula is C14H25NO6S. The van der Waals surface area contributed by atoms with Crippen LogP contribution in [0.3, 0.4) is 0 Å². The van der Waals surface area contributed by atoms with Crippen LogP contribution >= 0.6 is 0 Å². The highest BCUT2D eigenvalue weighted by Crippen LogP contribution is 2.45. The highest BCUT2D eigenvalue weighted by molar-refractivity contribution is 7.91. The van der Waals surface area contributed by atoms with E-state index in [9.17, 15) is 23.4 Å². The molecule has 0 saturated carbocycles. The number of carbonyl (C=O) groups excluding carboxylic acids is 1. The summed E-state index contributed by atoms with van der Waals surface area (Å²) in [7, 11) is -3.28. The zero-order valence-electron chi connectivity index (χ0n) is 13.3. The van der Waals surface area contributed by atoms with Gasteiger partial charge in [-0.25, -0.2) is 13.2 Å². The molecule has 2 aliphatic heterocycles. The fraction of sp³-hybridized carbons (Fsp3) is 0.929. The van der Waals surface area contributed by atoms with Crippen LogP contribution in [-0.2, 0) is 14.6 Å². The van der Waals surface area contributed by atoms with Crippen LogP contribution in [0.2, 0.25) is 0 Å². The summed E-state index contributed by atoms with van der Waals surface area (Å²) in [5, 5.41) is 20.5. The van der Waals surface area contributed by atoms with Crippen molar-refractivity contribution in [2.45, 2.75) is 44.8 Å². The minimum atomic E-state index is -3.28. The molecule has 0 aromatic heterocycles. The van der Waals surface area contributed by atoms with Crippen LogP contribution in [0.15, 0.2) is 0 Å². The van der Waals surface area contributed by atoms with Crippen molar-refractivity contribution < 1.29 is 28.2 Å². The van der Waals surface area contributed by atoms with Gasteiger partial charge in [-0.1, -0.05) is 0 Å². The van der Waals surface area contributed by atoms with Crippen LogP contribution in [0, 0.1) is 5.41 Å². The van der Waals surface area contributed by atoms with Gasteiger partial charge < -0.3 is 19.8 Å². The minimum absolute atomic E-state index is 0.0159. The standard InChI is InChI=1S/C14H25NO6S/c1-12(2,3)21-11(17)15-7-14(18,8-15)13(9-16)5-4-6-22(19,20)10-13/h16,18H,4-10H2,1-3H3. The molecule has 1 atom stereocenters. The average molecular weight is 335 g/mol. The van der Waals surface area contributed by atoms with E-state index in [-0.39, 0.29) is 24.6 Å². The molecule has 2 fully saturated rings. The van der Waals surface area contributed by atoms with Crippen LogP contribution < -0.4 is 0 Å². The van der Waals surface area contributed by atoms with Gasteiger partial charge >= 0.3 is 6.09 Å². The molecule has 0 aromatic rings. The molecule has 2 saturated heterocycles. The van der Waals surface area contributed by atoms with Crippen molar-refractivity contribution in [1.29, 1.82) is 0 Å². The van der Waals surface area contributed by atoms with Gasteiger partial charge in [0.1, 0.15) is 11.2 Å². The van der Waals surface area contributed by atoms with E-state index < -0.39 is 39.2 Å². The van der Waals surface area contributed by atoms with E-state index in [0.717, 1.165) is 0 Å². The van der Waals surface area contributed by atoms with Gasteiger partial charge in [0.2, 0.25) is 0 Å². The number of amides is 1. The Balaban J connectivity index is 2.08. The minimum Gasteiger partial charge on any atom is -0.444 e. The zero-order chi connectivity index (χ0) is 16.8. The maximum absolute atomic E-state index is 11.9. The smallest absolute Gasteiger partial charge is 0.410 e. The van der Waals surface area contributed by atoms with Crippen LogP contribution in [-0.4, -0.2) is 72.0 Å². The van der Waals surface area contributed by atoms with Gasteiger partial charge in [-0.05, 0) is 33.6 Å². The van der Waals surface area contributed by atoms with Crippen molar-refractivity contribution in [2.75, 3.05) is 31.2 Å². The van der Waals surface area contributed by atoms with Gasteiger partial charge in [0.05, 0.1) is 31.2 Å². The van der Waals surface area contributed by atoms with E-state index in [4.69, 9.17) is 4.74 Å². The number of β-amino-alcohol motifs (C(OH)–C–C–N with tert-alkyl or cyclic N) is 1. The maximum Gasteiger partial charge on any atom is 0.410 e. The number of likely N-dealkylation sites (tertiary alicyclic amines) is 1. The van der Waals surface area contributed by atoms with Crippen molar-refractivity contribution >= 4 is 15.9 Å². The SMILES string of the molecule is CC(C)(C)OC(=O)N1CC(O)(C2(CO)CCCS(=O)(=O)C2)C1. The summed E-state index contributed by atoms with van der Waals surface area (Å²) >= 11 is 0.